The van der Waals surface area contributed by atoms with Gasteiger partial charge in [0.2, 0.25) is 0 Å². The molecule has 1 nitrogen and oxygen atoms in total. The van der Waals surface area contributed by atoms with Gasteiger partial charge in [-0.05, 0) is 42.8 Å². The molecule has 0 heterocycles. The third kappa shape index (κ3) is 2.35. The number of rotatable bonds is 3. The van der Waals surface area contributed by atoms with Crippen molar-refractivity contribution >= 4 is 5.69 Å². The van der Waals surface area contributed by atoms with E-state index in [9.17, 15) is 0 Å². The fourth-order valence-corrected chi connectivity index (χ4v) is 1.35. The quantitative estimate of drug-likeness (QED) is 0.682. The standard InChI is InChI=1S/C12H17N/c1-5-11-7-10(3)8-12(9-11)13(4)6-2/h6-9H,2,5H2,1,3-4H3. The lowest BCUT2D eigenvalue weighted by Gasteiger charge is -2.15. The molecular weight excluding hydrogens is 158 g/mol. The molecule has 0 saturated carbocycles. The van der Waals surface area contributed by atoms with Crippen molar-refractivity contribution in [3.05, 3.63) is 42.1 Å². The van der Waals surface area contributed by atoms with Gasteiger partial charge in [0.05, 0.1) is 0 Å². The summed E-state index contributed by atoms with van der Waals surface area (Å²) < 4.78 is 0. The van der Waals surface area contributed by atoms with Gasteiger partial charge in [-0.3, -0.25) is 0 Å². The lowest BCUT2D eigenvalue weighted by molar-refractivity contribution is 1.11. The van der Waals surface area contributed by atoms with E-state index < -0.39 is 0 Å². The van der Waals surface area contributed by atoms with Crippen molar-refractivity contribution < 1.29 is 0 Å². The molecule has 13 heavy (non-hydrogen) atoms. The second kappa shape index (κ2) is 4.13. The molecule has 0 amide bonds. The summed E-state index contributed by atoms with van der Waals surface area (Å²) in [5, 5.41) is 0. The van der Waals surface area contributed by atoms with E-state index >= 15 is 0 Å². The Morgan fingerprint density at radius 3 is 2.62 bits per heavy atom. The molecule has 1 rings (SSSR count). The molecule has 0 aromatic heterocycles. The molecule has 0 N–H and O–H groups in total. The molecule has 0 atom stereocenters. The number of hydrogen-bond acceptors (Lipinski definition) is 1. The van der Waals surface area contributed by atoms with Crippen molar-refractivity contribution in [1.29, 1.82) is 0 Å². The largest absolute Gasteiger partial charge is 0.352 e. The average molecular weight is 175 g/mol. The predicted octanol–water partition coefficient (Wildman–Crippen LogP) is 3.14. The topological polar surface area (TPSA) is 3.24 Å². The highest BCUT2D eigenvalue weighted by Crippen LogP contribution is 2.18. The van der Waals surface area contributed by atoms with Crippen LogP contribution in [0.25, 0.3) is 0 Å². The minimum absolute atomic E-state index is 1.08. The van der Waals surface area contributed by atoms with Gasteiger partial charge in [0.15, 0.2) is 0 Å². The van der Waals surface area contributed by atoms with Gasteiger partial charge < -0.3 is 4.90 Å². The lowest BCUT2D eigenvalue weighted by atomic mass is 10.1. The minimum Gasteiger partial charge on any atom is -0.352 e. The van der Waals surface area contributed by atoms with Crippen molar-refractivity contribution in [2.75, 3.05) is 11.9 Å². The SMILES string of the molecule is C=CN(C)c1cc(C)cc(CC)c1. The summed E-state index contributed by atoms with van der Waals surface area (Å²) in [7, 11) is 2.02. The van der Waals surface area contributed by atoms with Crippen molar-refractivity contribution in [3.8, 4) is 0 Å². The predicted molar refractivity (Wildman–Crippen MR) is 59.2 cm³/mol. The molecular formula is C12H17N. The number of hydrogen-bond donors (Lipinski definition) is 0. The van der Waals surface area contributed by atoms with Crippen LogP contribution in [0.15, 0.2) is 31.0 Å². The van der Waals surface area contributed by atoms with E-state index in [2.05, 4.69) is 38.6 Å². The van der Waals surface area contributed by atoms with Gasteiger partial charge in [0, 0.05) is 12.7 Å². The van der Waals surface area contributed by atoms with E-state index in [0.717, 1.165) is 6.42 Å². The van der Waals surface area contributed by atoms with Crippen molar-refractivity contribution in [3.63, 3.8) is 0 Å². The van der Waals surface area contributed by atoms with E-state index in [1.165, 1.54) is 16.8 Å². The van der Waals surface area contributed by atoms with Gasteiger partial charge in [0.1, 0.15) is 0 Å². The zero-order valence-electron chi connectivity index (χ0n) is 8.67. The van der Waals surface area contributed by atoms with Crippen LogP contribution in [0, 0.1) is 6.92 Å². The minimum atomic E-state index is 1.08. The fourth-order valence-electron chi connectivity index (χ4n) is 1.35. The second-order valence-electron chi connectivity index (χ2n) is 3.32. The van der Waals surface area contributed by atoms with E-state index in [1.807, 2.05) is 18.1 Å². The van der Waals surface area contributed by atoms with E-state index in [4.69, 9.17) is 0 Å². The van der Waals surface area contributed by atoms with Gasteiger partial charge in [-0.25, -0.2) is 0 Å². The molecule has 1 aromatic rings. The first kappa shape index (κ1) is 9.85. The first-order valence-corrected chi connectivity index (χ1v) is 4.63. The van der Waals surface area contributed by atoms with Gasteiger partial charge in [0.25, 0.3) is 0 Å². The molecule has 1 heteroatoms. The molecule has 0 spiro atoms. The van der Waals surface area contributed by atoms with E-state index in [1.54, 1.807) is 0 Å². The van der Waals surface area contributed by atoms with E-state index in [0.29, 0.717) is 0 Å². The molecule has 0 unspecified atom stereocenters. The molecule has 0 saturated heterocycles. The summed E-state index contributed by atoms with van der Waals surface area (Å²) in [5.41, 5.74) is 3.90. The molecule has 0 aliphatic rings. The molecule has 0 aliphatic heterocycles. The van der Waals surface area contributed by atoms with Crippen LogP contribution in [0.5, 0.6) is 0 Å². The van der Waals surface area contributed by atoms with Crippen LogP contribution in [-0.4, -0.2) is 7.05 Å². The Hall–Kier alpha value is -1.24. The first-order valence-electron chi connectivity index (χ1n) is 4.63. The Bertz CT molecular complexity index is 302. The summed E-state index contributed by atoms with van der Waals surface area (Å²) >= 11 is 0. The van der Waals surface area contributed by atoms with Crippen LogP contribution in [0.2, 0.25) is 0 Å². The molecule has 70 valence electrons. The molecule has 0 bridgehead atoms. The maximum absolute atomic E-state index is 3.75. The Balaban J connectivity index is 3.07. The van der Waals surface area contributed by atoms with Crippen molar-refractivity contribution in [2.24, 2.45) is 0 Å². The van der Waals surface area contributed by atoms with Gasteiger partial charge in [-0.15, -0.1) is 0 Å². The van der Waals surface area contributed by atoms with Crippen LogP contribution < -0.4 is 4.90 Å². The number of aryl methyl sites for hydroxylation is 2. The third-order valence-electron chi connectivity index (χ3n) is 2.21. The maximum atomic E-state index is 3.75. The van der Waals surface area contributed by atoms with Crippen molar-refractivity contribution in [1.82, 2.24) is 0 Å². The summed E-state index contributed by atoms with van der Waals surface area (Å²) in [5.74, 6) is 0. The maximum Gasteiger partial charge on any atom is 0.0408 e. The van der Waals surface area contributed by atoms with Gasteiger partial charge in [-0.1, -0.05) is 19.6 Å². The highest BCUT2D eigenvalue weighted by atomic mass is 15.1. The molecule has 0 fully saturated rings. The lowest BCUT2D eigenvalue weighted by Crippen LogP contribution is -2.07. The number of anilines is 1. The Morgan fingerprint density at radius 1 is 1.38 bits per heavy atom. The average Bonchev–Trinajstić information content (AvgIpc) is 2.15. The van der Waals surface area contributed by atoms with Crippen LogP contribution in [0.1, 0.15) is 18.1 Å². The number of benzene rings is 1. The first-order chi connectivity index (χ1) is 6.17. The number of nitrogens with zero attached hydrogens (tertiary/aromatic N) is 1. The summed E-state index contributed by atoms with van der Waals surface area (Å²) in [4.78, 5) is 2.03. The zero-order chi connectivity index (χ0) is 9.84. The molecule has 0 aliphatic carbocycles. The molecule has 0 radical (unpaired) electrons. The van der Waals surface area contributed by atoms with Gasteiger partial charge in [-0.2, -0.15) is 0 Å². The van der Waals surface area contributed by atoms with Crippen LogP contribution in [-0.2, 0) is 6.42 Å². The fraction of sp³-hybridized carbons (Fsp3) is 0.333. The van der Waals surface area contributed by atoms with Crippen LogP contribution in [0.4, 0.5) is 5.69 Å². The van der Waals surface area contributed by atoms with E-state index in [-0.39, 0.29) is 0 Å². The Kier molecular flexibility index (Phi) is 3.13. The highest BCUT2D eigenvalue weighted by molar-refractivity contribution is 5.52. The van der Waals surface area contributed by atoms with Crippen LogP contribution in [0.3, 0.4) is 0 Å². The van der Waals surface area contributed by atoms with Gasteiger partial charge >= 0.3 is 0 Å². The summed E-state index contributed by atoms with van der Waals surface area (Å²) in [6.45, 7) is 8.05. The normalized spacial score (nSPS) is 9.77. The molecule has 1 aromatic carbocycles. The Morgan fingerprint density at radius 2 is 2.08 bits per heavy atom. The zero-order valence-corrected chi connectivity index (χ0v) is 8.67. The Labute approximate surface area is 80.7 Å². The smallest absolute Gasteiger partial charge is 0.0408 e. The van der Waals surface area contributed by atoms with Crippen molar-refractivity contribution in [2.45, 2.75) is 20.3 Å². The van der Waals surface area contributed by atoms with Crippen LogP contribution >= 0.6 is 0 Å². The second-order valence-corrected chi connectivity index (χ2v) is 3.32. The highest BCUT2D eigenvalue weighted by Gasteiger charge is 1.99. The third-order valence-corrected chi connectivity index (χ3v) is 2.21. The summed E-state index contributed by atoms with van der Waals surface area (Å²) in [6.07, 6.45) is 2.91. The summed E-state index contributed by atoms with van der Waals surface area (Å²) in [6, 6.07) is 6.59. The monoisotopic (exact) mass is 175 g/mol.